The van der Waals surface area contributed by atoms with Gasteiger partial charge in [0.1, 0.15) is 0 Å². The van der Waals surface area contributed by atoms with Crippen LogP contribution in [0.15, 0.2) is 28.7 Å². The van der Waals surface area contributed by atoms with Crippen molar-refractivity contribution in [3.63, 3.8) is 0 Å². The predicted octanol–water partition coefficient (Wildman–Crippen LogP) is 3.26. The molecule has 0 heterocycles. The van der Waals surface area contributed by atoms with Crippen molar-refractivity contribution in [2.75, 3.05) is 19.6 Å². The van der Waals surface area contributed by atoms with Gasteiger partial charge in [0.15, 0.2) is 0 Å². The molecule has 0 aromatic heterocycles. The minimum Gasteiger partial charge on any atom is -0.330 e. The lowest BCUT2D eigenvalue weighted by Gasteiger charge is -2.31. The summed E-state index contributed by atoms with van der Waals surface area (Å²) in [5.74, 6) is 0. The molecule has 0 atom stereocenters. The third-order valence-corrected chi connectivity index (χ3v) is 3.50. The zero-order valence-corrected chi connectivity index (χ0v) is 12.6. The lowest BCUT2D eigenvalue weighted by molar-refractivity contribution is 0.183. The molecule has 0 fully saturated rings. The molecule has 0 spiro atoms. The van der Waals surface area contributed by atoms with Crippen LogP contribution in [-0.4, -0.2) is 24.5 Å². The molecule has 0 saturated carbocycles. The fourth-order valence-electron chi connectivity index (χ4n) is 1.80. The molecule has 0 bridgehead atoms. The van der Waals surface area contributed by atoms with Crippen molar-refractivity contribution in [3.8, 4) is 0 Å². The second-order valence-electron chi connectivity index (χ2n) is 5.30. The van der Waals surface area contributed by atoms with Crippen molar-refractivity contribution in [1.29, 1.82) is 0 Å². The van der Waals surface area contributed by atoms with Crippen LogP contribution in [0.1, 0.15) is 26.3 Å². The molecule has 96 valence electrons. The summed E-state index contributed by atoms with van der Waals surface area (Å²) in [6.07, 6.45) is 0. The van der Waals surface area contributed by atoms with Crippen LogP contribution < -0.4 is 5.73 Å². The maximum atomic E-state index is 5.79. The van der Waals surface area contributed by atoms with Crippen molar-refractivity contribution in [1.82, 2.24) is 4.90 Å². The van der Waals surface area contributed by atoms with Crippen molar-refractivity contribution < 1.29 is 0 Å². The lowest BCUT2D eigenvalue weighted by Crippen LogP contribution is -2.38. The summed E-state index contributed by atoms with van der Waals surface area (Å²) in [7, 11) is 0. The number of nitrogens with zero attached hydrogens (tertiary/aromatic N) is 1. The molecule has 0 saturated heterocycles. The van der Waals surface area contributed by atoms with Gasteiger partial charge in [0.05, 0.1) is 0 Å². The molecule has 0 aliphatic heterocycles. The van der Waals surface area contributed by atoms with E-state index in [1.54, 1.807) is 0 Å². The van der Waals surface area contributed by atoms with Crippen molar-refractivity contribution in [3.05, 3.63) is 34.3 Å². The number of rotatable bonds is 6. The standard InChI is InChI=1S/C14H23BrN2/c1-4-17(11-14(2,3)10-16)9-12-5-7-13(15)8-6-12/h5-8H,4,9-11,16H2,1-3H3. The van der Waals surface area contributed by atoms with E-state index >= 15 is 0 Å². The highest BCUT2D eigenvalue weighted by Crippen LogP contribution is 2.17. The Labute approximate surface area is 113 Å². The molecule has 0 aliphatic rings. The molecule has 0 amide bonds. The normalized spacial score (nSPS) is 12.1. The average molecular weight is 299 g/mol. The summed E-state index contributed by atoms with van der Waals surface area (Å²) in [4.78, 5) is 2.44. The van der Waals surface area contributed by atoms with E-state index < -0.39 is 0 Å². The Hall–Kier alpha value is -0.380. The minimum absolute atomic E-state index is 0.186. The molecule has 2 N–H and O–H groups in total. The Bertz CT molecular complexity index is 333. The van der Waals surface area contributed by atoms with E-state index in [9.17, 15) is 0 Å². The molecule has 0 unspecified atom stereocenters. The number of hydrogen-bond acceptors (Lipinski definition) is 2. The number of hydrogen-bond donors (Lipinski definition) is 1. The maximum Gasteiger partial charge on any atom is 0.0233 e. The van der Waals surface area contributed by atoms with Crippen LogP contribution >= 0.6 is 15.9 Å². The van der Waals surface area contributed by atoms with Gasteiger partial charge in [-0.15, -0.1) is 0 Å². The van der Waals surface area contributed by atoms with Gasteiger partial charge in [-0.2, -0.15) is 0 Å². The first-order valence-electron chi connectivity index (χ1n) is 6.14. The number of halogens is 1. The van der Waals surface area contributed by atoms with Crippen molar-refractivity contribution in [2.45, 2.75) is 27.3 Å². The van der Waals surface area contributed by atoms with Crippen LogP contribution in [0.25, 0.3) is 0 Å². The Morgan fingerprint density at radius 3 is 2.29 bits per heavy atom. The van der Waals surface area contributed by atoms with E-state index in [1.165, 1.54) is 5.56 Å². The Morgan fingerprint density at radius 2 is 1.82 bits per heavy atom. The average Bonchev–Trinajstić information content (AvgIpc) is 2.31. The zero-order chi connectivity index (χ0) is 12.9. The van der Waals surface area contributed by atoms with Gasteiger partial charge in [0.2, 0.25) is 0 Å². The minimum atomic E-state index is 0.186. The highest BCUT2D eigenvalue weighted by Gasteiger charge is 2.19. The Balaban J connectivity index is 2.61. The van der Waals surface area contributed by atoms with Gasteiger partial charge >= 0.3 is 0 Å². The second kappa shape index (κ2) is 6.53. The maximum absolute atomic E-state index is 5.79. The predicted molar refractivity (Wildman–Crippen MR) is 77.9 cm³/mol. The van der Waals surface area contributed by atoms with Gasteiger partial charge in [0.25, 0.3) is 0 Å². The monoisotopic (exact) mass is 298 g/mol. The first kappa shape index (κ1) is 14.7. The molecule has 0 aliphatic carbocycles. The summed E-state index contributed by atoms with van der Waals surface area (Å²) in [6.45, 7) is 10.5. The molecule has 17 heavy (non-hydrogen) atoms. The summed E-state index contributed by atoms with van der Waals surface area (Å²) in [5, 5.41) is 0. The largest absolute Gasteiger partial charge is 0.330 e. The summed E-state index contributed by atoms with van der Waals surface area (Å²) in [6, 6.07) is 8.53. The van der Waals surface area contributed by atoms with E-state index in [0.717, 1.165) is 30.7 Å². The van der Waals surface area contributed by atoms with E-state index in [4.69, 9.17) is 5.73 Å². The SMILES string of the molecule is CCN(Cc1ccc(Br)cc1)CC(C)(C)CN. The van der Waals surface area contributed by atoms with E-state index in [2.05, 4.69) is 65.9 Å². The zero-order valence-electron chi connectivity index (χ0n) is 11.0. The Kier molecular flexibility index (Phi) is 5.63. The fourth-order valence-corrected chi connectivity index (χ4v) is 2.06. The number of benzene rings is 1. The van der Waals surface area contributed by atoms with Crippen LogP contribution in [0.5, 0.6) is 0 Å². The topological polar surface area (TPSA) is 29.3 Å². The van der Waals surface area contributed by atoms with Crippen molar-refractivity contribution >= 4 is 15.9 Å². The third kappa shape index (κ3) is 5.19. The first-order valence-corrected chi connectivity index (χ1v) is 6.93. The molecule has 0 radical (unpaired) electrons. The van der Waals surface area contributed by atoms with E-state index in [1.807, 2.05) is 0 Å². The van der Waals surface area contributed by atoms with Crippen LogP contribution in [0, 0.1) is 5.41 Å². The molecular weight excluding hydrogens is 276 g/mol. The smallest absolute Gasteiger partial charge is 0.0233 e. The highest BCUT2D eigenvalue weighted by molar-refractivity contribution is 9.10. The second-order valence-corrected chi connectivity index (χ2v) is 6.21. The van der Waals surface area contributed by atoms with Gasteiger partial charge < -0.3 is 5.73 Å². The van der Waals surface area contributed by atoms with Gasteiger partial charge in [-0.25, -0.2) is 0 Å². The summed E-state index contributed by atoms with van der Waals surface area (Å²) < 4.78 is 1.13. The summed E-state index contributed by atoms with van der Waals surface area (Å²) in [5.41, 5.74) is 7.33. The van der Waals surface area contributed by atoms with Gasteiger partial charge in [-0.1, -0.05) is 48.8 Å². The molecular formula is C14H23BrN2. The van der Waals surface area contributed by atoms with Crippen LogP contribution in [-0.2, 0) is 6.54 Å². The van der Waals surface area contributed by atoms with Crippen LogP contribution in [0.2, 0.25) is 0 Å². The molecule has 3 heteroatoms. The van der Waals surface area contributed by atoms with E-state index in [0.29, 0.717) is 0 Å². The van der Waals surface area contributed by atoms with Gasteiger partial charge in [-0.3, -0.25) is 4.90 Å². The number of nitrogens with two attached hydrogens (primary N) is 1. The van der Waals surface area contributed by atoms with Crippen LogP contribution in [0.3, 0.4) is 0 Å². The van der Waals surface area contributed by atoms with Crippen LogP contribution in [0.4, 0.5) is 0 Å². The first-order chi connectivity index (χ1) is 7.96. The molecule has 1 aromatic rings. The molecule has 2 nitrogen and oxygen atoms in total. The fraction of sp³-hybridized carbons (Fsp3) is 0.571. The molecule has 1 aromatic carbocycles. The van der Waals surface area contributed by atoms with Gasteiger partial charge in [0, 0.05) is 17.6 Å². The summed E-state index contributed by atoms with van der Waals surface area (Å²) >= 11 is 3.46. The third-order valence-electron chi connectivity index (χ3n) is 2.97. The Morgan fingerprint density at radius 1 is 1.24 bits per heavy atom. The van der Waals surface area contributed by atoms with E-state index in [-0.39, 0.29) is 5.41 Å². The quantitative estimate of drug-likeness (QED) is 0.873. The lowest BCUT2D eigenvalue weighted by atomic mass is 9.93. The molecule has 1 rings (SSSR count). The van der Waals surface area contributed by atoms with Crippen molar-refractivity contribution in [2.24, 2.45) is 11.1 Å². The highest BCUT2D eigenvalue weighted by atomic mass is 79.9. The van der Waals surface area contributed by atoms with Gasteiger partial charge in [-0.05, 0) is 36.2 Å².